The van der Waals surface area contributed by atoms with E-state index in [1.54, 1.807) is 7.11 Å². The summed E-state index contributed by atoms with van der Waals surface area (Å²) in [7, 11) is 1.66. The number of aromatic nitrogens is 1. The van der Waals surface area contributed by atoms with E-state index in [9.17, 15) is 4.79 Å². The number of amides is 1. The average molecular weight is 363 g/mol. The van der Waals surface area contributed by atoms with Crippen molar-refractivity contribution in [1.82, 2.24) is 10.3 Å². The van der Waals surface area contributed by atoms with E-state index in [0.29, 0.717) is 24.5 Å². The van der Waals surface area contributed by atoms with E-state index >= 15 is 0 Å². The molecule has 0 radical (unpaired) electrons. The summed E-state index contributed by atoms with van der Waals surface area (Å²) in [5, 5.41) is 7.17. The smallest absolute Gasteiger partial charge is 0.252 e. The lowest BCUT2D eigenvalue weighted by Crippen LogP contribution is -2.25. The fourth-order valence-corrected chi connectivity index (χ4v) is 2.95. The third-order valence-corrected chi connectivity index (χ3v) is 4.43. The van der Waals surface area contributed by atoms with Gasteiger partial charge in [0.2, 0.25) is 0 Å². The van der Waals surface area contributed by atoms with Crippen LogP contribution in [0.15, 0.2) is 48.5 Å². The molecule has 1 amide bonds. The number of aryl methyl sites for hydroxylation is 2. The topological polar surface area (TPSA) is 63.2 Å². The summed E-state index contributed by atoms with van der Waals surface area (Å²) in [6.45, 7) is 5.30. The second-order valence-electron chi connectivity index (χ2n) is 6.62. The Morgan fingerprint density at radius 3 is 2.74 bits per heavy atom. The molecule has 0 saturated heterocycles. The Bertz CT molecular complexity index is 953. The van der Waals surface area contributed by atoms with Gasteiger partial charge in [0, 0.05) is 31.3 Å². The van der Waals surface area contributed by atoms with Crippen LogP contribution in [0.3, 0.4) is 0 Å². The zero-order chi connectivity index (χ0) is 19.2. The van der Waals surface area contributed by atoms with Gasteiger partial charge >= 0.3 is 0 Å². The molecule has 0 aliphatic rings. The standard InChI is InChI=1S/C22H25N3O2/c1-15-9-10-16(2)20(13-15)25-21-14-18(22(26)23-11-6-12-27-3)17-7-4-5-8-19(17)24-21/h4-5,7-10,13-14H,6,11-12H2,1-3H3,(H,23,26)(H,24,25). The number of rotatable bonds is 7. The SMILES string of the molecule is COCCCNC(=O)c1cc(Nc2cc(C)ccc2C)nc2ccccc12. The van der Waals surface area contributed by atoms with Gasteiger partial charge in [-0.25, -0.2) is 4.98 Å². The molecule has 0 atom stereocenters. The zero-order valence-corrected chi connectivity index (χ0v) is 16.0. The summed E-state index contributed by atoms with van der Waals surface area (Å²) in [4.78, 5) is 17.4. The number of anilines is 2. The number of nitrogens with zero attached hydrogens (tertiary/aromatic N) is 1. The first-order valence-corrected chi connectivity index (χ1v) is 9.09. The molecule has 0 spiro atoms. The number of pyridine rings is 1. The maximum absolute atomic E-state index is 12.7. The minimum atomic E-state index is -0.103. The lowest BCUT2D eigenvalue weighted by atomic mass is 10.1. The number of para-hydroxylation sites is 1. The van der Waals surface area contributed by atoms with Gasteiger partial charge in [0.05, 0.1) is 11.1 Å². The van der Waals surface area contributed by atoms with Crippen LogP contribution in [-0.4, -0.2) is 31.2 Å². The summed E-state index contributed by atoms with van der Waals surface area (Å²) in [5.74, 6) is 0.554. The van der Waals surface area contributed by atoms with Crippen LogP contribution in [0, 0.1) is 13.8 Å². The Kier molecular flexibility index (Phi) is 6.04. The Labute approximate surface area is 159 Å². The van der Waals surface area contributed by atoms with Crippen molar-refractivity contribution in [2.75, 3.05) is 25.6 Å². The van der Waals surface area contributed by atoms with Crippen molar-refractivity contribution in [3.05, 3.63) is 65.2 Å². The lowest BCUT2D eigenvalue weighted by molar-refractivity contribution is 0.0950. The van der Waals surface area contributed by atoms with Crippen LogP contribution in [0.25, 0.3) is 10.9 Å². The number of nitrogens with one attached hydrogen (secondary N) is 2. The van der Waals surface area contributed by atoms with E-state index in [-0.39, 0.29) is 5.91 Å². The van der Waals surface area contributed by atoms with Crippen molar-refractivity contribution < 1.29 is 9.53 Å². The predicted molar refractivity (Wildman–Crippen MR) is 110 cm³/mol. The molecular formula is C22H25N3O2. The number of carbonyl (C=O) groups is 1. The molecule has 2 N–H and O–H groups in total. The van der Waals surface area contributed by atoms with Crippen molar-refractivity contribution in [3.63, 3.8) is 0 Å². The van der Waals surface area contributed by atoms with Gasteiger partial charge in [-0.05, 0) is 49.6 Å². The first kappa shape index (κ1) is 18.9. The number of hydrogen-bond acceptors (Lipinski definition) is 4. The molecule has 2 aromatic carbocycles. The van der Waals surface area contributed by atoms with Crippen LogP contribution < -0.4 is 10.6 Å². The summed E-state index contributed by atoms with van der Waals surface area (Å²) in [6.07, 6.45) is 0.777. The third kappa shape index (κ3) is 4.63. The predicted octanol–water partition coefficient (Wildman–Crippen LogP) is 4.36. The molecule has 1 aromatic heterocycles. The minimum Gasteiger partial charge on any atom is -0.385 e. The monoisotopic (exact) mass is 363 g/mol. The van der Waals surface area contributed by atoms with Gasteiger partial charge in [0.25, 0.3) is 5.91 Å². The van der Waals surface area contributed by atoms with E-state index in [1.165, 1.54) is 5.56 Å². The van der Waals surface area contributed by atoms with Gasteiger partial charge in [-0.3, -0.25) is 4.79 Å². The number of fused-ring (bicyclic) bond motifs is 1. The first-order chi connectivity index (χ1) is 13.1. The highest BCUT2D eigenvalue weighted by Crippen LogP contribution is 2.25. The summed E-state index contributed by atoms with van der Waals surface area (Å²) < 4.78 is 5.03. The maximum Gasteiger partial charge on any atom is 0.252 e. The van der Waals surface area contributed by atoms with E-state index in [2.05, 4.69) is 40.7 Å². The van der Waals surface area contributed by atoms with Crippen molar-refractivity contribution in [2.24, 2.45) is 0 Å². The third-order valence-electron chi connectivity index (χ3n) is 4.43. The average Bonchev–Trinajstić information content (AvgIpc) is 2.67. The van der Waals surface area contributed by atoms with Crippen LogP contribution in [0.5, 0.6) is 0 Å². The molecule has 0 unspecified atom stereocenters. The van der Waals surface area contributed by atoms with Crippen molar-refractivity contribution in [1.29, 1.82) is 0 Å². The number of methoxy groups -OCH3 is 1. The number of hydrogen-bond donors (Lipinski definition) is 2. The number of benzene rings is 2. The zero-order valence-electron chi connectivity index (χ0n) is 16.0. The molecule has 5 nitrogen and oxygen atoms in total. The Balaban J connectivity index is 1.93. The van der Waals surface area contributed by atoms with Gasteiger partial charge in [0.1, 0.15) is 5.82 Å². The molecule has 0 aliphatic carbocycles. The van der Waals surface area contributed by atoms with E-state index in [1.807, 2.05) is 37.3 Å². The second-order valence-corrected chi connectivity index (χ2v) is 6.62. The molecule has 0 bridgehead atoms. The van der Waals surface area contributed by atoms with Gasteiger partial charge in [-0.2, -0.15) is 0 Å². The number of carbonyl (C=O) groups excluding carboxylic acids is 1. The highest BCUT2D eigenvalue weighted by atomic mass is 16.5. The fourth-order valence-electron chi connectivity index (χ4n) is 2.95. The van der Waals surface area contributed by atoms with Crippen molar-refractivity contribution >= 4 is 28.3 Å². The summed E-state index contributed by atoms with van der Waals surface area (Å²) >= 11 is 0. The molecular weight excluding hydrogens is 338 g/mol. The number of ether oxygens (including phenoxy) is 1. The molecule has 3 rings (SSSR count). The van der Waals surface area contributed by atoms with Gasteiger partial charge in [-0.1, -0.05) is 30.3 Å². The van der Waals surface area contributed by atoms with Gasteiger partial charge < -0.3 is 15.4 Å². The molecule has 0 aliphatic heterocycles. The first-order valence-electron chi connectivity index (χ1n) is 9.09. The molecule has 27 heavy (non-hydrogen) atoms. The Hall–Kier alpha value is -2.92. The molecule has 0 saturated carbocycles. The van der Waals surface area contributed by atoms with E-state index in [0.717, 1.165) is 28.6 Å². The van der Waals surface area contributed by atoms with Crippen LogP contribution >= 0.6 is 0 Å². The second kappa shape index (κ2) is 8.64. The Morgan fingerprint density at radius 1 is 1.11 bits per heavy atom. The van der Waals surface area contributed by atoms with Crippen LogP contribution in [-0.2, 0) is 4.74 Å². The largest absolute Gasteiger partial charge is 0.385 e. The van der Waals surface area contributed by atoms with Crippen molar-refractivity contribution in [3.8, 4) is 0 Å². The molecule has 5 heteroatoms. The molecule has 1 heterocycles. The van der Waals surface area contributed by atoms with Crippen LogP contribution in [0.1, 0.15) is 27.9 Å². The highest BCUT2D eigenvalue weighted by molar-refractivity contribution is 6.07. The van der Waals surface area contributed by atoms with E-state index < -0.39 is 0 Å². The molecule has 0 fully saturated rings. The van der Waals surface area contributed by atoms with Crippen LogP contribution in [0.4, 0.5) is 11.5 Å². The van der Waals surface area contributed by atoms with Gasteiger partial charge in [0.15, 0.2) is 0 Å². The quantitative estimate of drug-likeness (QED) is 0.612. The molecule has 140 valence electrons. The van der Waals surface area contributed by atoms with Crippen LogP contribution in [0.2, 0.25) is 0 Å². The molecule has 3 aromatic rings. The Morgan fingerprint density at radius 2 is 1.93 bits per heavy atom. The fraction of sp³-hybridized carbons (Fsp3) is 0.273. The van der Waals surface area contributed by atoms with Gasteiger partial charge in [-0.15, -0.1) is 0 Å². The van der Waals surface area contributed by atoms with E-state index in [4.69, 9.17) is 4.74 Å². The minimum absolute atomic E-state index is 0.103. The maximum atomic E-state index is 12.7. The normalized spacial score (nSPS) is 10.8. The highest BCUT2D eigenvalue weighted by Gasteiger charge is 2.13. The lowest BCUT2D eigenvalue weighted by Gasteiger charge is -2.13. The summed E-state index contributed by atoms with van der Waals surface area (Å²) in [5.41, 5.74) is 4.69. The summed E-state index contributed by atoms with van der Waals surface area (Å²) in [6, 6.07) is 15.7. The van der Waals surface area contributed by atoms with Crippen molar-refractivity contribution in [2.45, 2.75) is 20.3 Å².